The van der Waals surface area contributed by atoms with Crippen LogP contribution in [0.5, 0.6) is 5.75 Å². The third-order valence-electron chi connectivity index (χ3n) is 8.11. The van der Waals surface area contributed by atoms with Crippen LogP contribution in [0.3, 0.4) is 0 Å². The van der Waals surface area contributed by atoms with Gasteiger partial charge in [-0.1, -0.05) is 74.0 Å². The van der Waals surface area contributed by atoms with E-state index in [0.717, 1.165) is 54.5 Å². The number of para-hydroxylation sites is 1. The number of benzene rings is 2. The molecule has 0 spiro atoms. The molecule has 1 heterocycles. The number of halogens is 1. The van der Waals surface area contributed by atoms with Crippen LogP contribution >= 0.6 is 23.5 Å². The van der Waals surface area contributed by atoms with Gasteiger partial charge in [0.15, 0.2) is 0 Å². The molecule has 0 saturated heterocycles. The topological polar surface area (TPSA) is 117 Å². The summed E-state index contributed by atoms with van der Waals surface area (Å²) in [7, 11) is 0.719. The minimum atomic E-state index is -2.25. The van der Waals surface area contributed by atoms with Crippen LogP contribution < -0.4 is 14.4 Å². The minimum Gasteiger partial charge on any atom is -0.491 e. The second-order valence-corrected chi connectivity index (χ2v) is 15.0. The second kappa shape index (κ2) is 17.5. The molecule has 1 aliphatic heterocycles. The number of carbonyl (C=O) groups is 4. The smallest absolute Gasteiger partial charge is 0.327 e. The van der Waals surface area contributed by atoms with E-state index >= 15 is 0 Å². The summed E-state index contributed by atoms with van der Waals surface area (Å²) < 4.78 is 13.7. The average molecular weight is 674 g/mol. The molecule has 243 valence electrons. The van der Waals surface area contributed by atoms with Crippen LogP contribution in [0, 0.1) is 5.92 Å². The molecule has 2 aliphatic rings. The molecule has 45 heavy (non-hydrogen) atoms. The van der Waals surface area contributed by atoms with E-state index < -0.39 is 19.8 Å². The fourth-order valence-electron chi connectivity index (χ4n) is 5.61. The molecule has 0 unspecified atom stereocenters. The quantitative estimate of drug-likeness (QED) is 0.218. The van der Waals surface area contributed by atoms with Crippen molar-refractivity contribution in [2.45, 2.75) is 69.3 Å². The van der Waals surface area contributed by atoms with Gasteiger partial charge in [-0.25, -0.2) is 4.79 Å². The monoisotopic (exact) mass is 673 g/mol. The number of nitrogens with zero attached hydrogens (tertiary/aromatic N) is 2. The van der Waals surface area contributed by atoms with Crippen LogP contribution in [0.25, 0.3) is 0 Å². The highest BCUT2D eigenvalue weighted by Gasteiger charge is 2.33. The lowest BCUT2D eigenvalue weighted by Crippen LogP contribution is -2.50. The lowest BCUT2D eigenvalue weighted by atomic mass is 9.86. The van der Waals surface area contributed by atoms with Gasteiger partial charge in [0.1, 0.15) is 17.6 Å². The highest BCUT2D eigenvalue weighted by molar-refractivity contribution is 7.99. The molecular weight excluding hydrogens is 632 g/mol. The van der Waals surface area contributed by atoms with Crippen molar-refractivity contribution >= 4 is 55.9 Å². The number of amides is 4. The molecule has 2 N–H and O–H groups in total. The van der Waals surface area contributed by atoms with Crippen molar-refractivity contribution in [1.82, 2.24) is 19.5 Å². The molecule has 4 amide bonds. The van der Waals surface area contributed by atoms with Gasteiger partial charge in [0.05, 0.1) is 13.7 Å². The largest absolute Gasteiger partial charge is 0.491 e. The first kappa shape index (κ1) is 34.6. The highest BCUT2D eigenvalue weighted by Crippen LogP contribution is 2.30. The van der Waals surface area contributed by atoms with E-state index in [1.165, 1.54) is 18.4 Å². The number of hydrogen-bond donors (Lipinski definition) is 2. The molecule has 2 aromatic carbocycles. The summed E-state index contributed by atoms with van der Waals surface area (Å²) in [6, 6.07) is 14.8. The van der Waals surface area contributed by atoms with E-state index in [2.05, 4.69) is 9.70 Å². The van der Waals surface area contributed by atoms with Crippen LogP contribution in [-0.4, -0.2) is 74.8 Å². The first-order valence-corrected chi connectivity index (χ1v) is 18.3. The summed E-state index contributed by atoms with van der Waals surface area (Å²) in [5, 5.41) is -0.00757. The zero-order valence-electron chi connectivity index (χ0n) is 25.9. The zero-order chi connectivity index (χ0) is 32.2. The summed E-state index contributed by atoms with van der Waals surface area (Å²) in [6.07, 6.45) is 6.14. The van der Waals surface area contributed by atoms with Gasteiger partial charge in [-0.3, -0.25) is 19.1 Å². The summed E-state index contributed by atoms with van der Waals surface area (Å²) in [5.74, 6) is 0.682. The van der Waals surface area contributed by atoms with Gasteiger partial charge >= 0.3 is 15.0 Å². The first-order valence-electron chi connectivity index (χ1n) is 15.4. The van der Waals surface area contributed by atoms with Crippen LogP contribution in [0.4, 0.5) is 9.59 Å². The molecule has 0 bridgehead atoms. The Kier molecular flexibility index (Phi) is 13.4. The van der Waals surface area contributed by atoms with E-state index in [9.17, 15) is 19.2 Å². The lowest BCUT2D eigenvalue weighted by Gasteiger charge is -2.27. The Balaban J connectivity index is 1.37. The van der Waals surface area contributed by atoms with Gasteiger partial charge in [0, 0.05) is 37.1 Å². The number of rotatable bonds is 12. The Bertz CT molecular complexity index is 1330. The van der Waals surface area contributed by atoms with Crippen molar-refractivity contribution in [2.24, 2.45) is 5.92 Å². The SMILES string of the molecule is COC(=O)[Si](CCC(=O)N1CCOc2ccccc2C1)NC(=O)[C@H](CC1CCCCC1)SNC(=O)N(C)Cc1cccc(Cl)c1. The predicted octanol–water partition coefficient (Wildman–Crippen LogP) is 5.74. The Morgan fingerprint density at radius 2 is 1.91 bits per heavy atom. The first-order chi connectivity index (χ1) is 21.7. The van der Waals surface area contributed by atoms with E-state index in [4.69, 9.17) is 21.1 Å². The third-order valence-corrected chi connectivity index (χ3v) is 11.3. The second-order valence-electron chi connectivity index (χ2n) is 11.5. The van der Waals surface area contributed by atoms with E-state index in [0.29, 0.717) is 43.6 Å². The molecule has 1 radical (unpaired) electrons. The molecule has 13 heteroatoms. The third kappa shape index (κ3) is 10.7. The predicted molar refractivity (Wildman–Crippen MR) is 177 cm³/mol. The van der Waals surface area contributed by atoms with E-state index in [1.807, 2.05) is 36.4 Å². The number of methoxy groups -OCH3 is 1. The molecule has 4 rings (SSSR count). The lowest BCUT2D eigenvalue weighted by molar-refractivity contribution is -0.131. The Labute approximate surface area is 276 Å². The van der Waals surface area contributed by atoms with Crippen molar-refractivity contribution in [3.8, 4) is 5.75 Å². The zero-order valence-corrected chi connectivity index (χ0v) is 28.5. The van der Waals surface area contributed by atoms with E-state index in [1.54, 1.807) is 24.1 Å². The van der Waals surface area contributed by atoms with E-state index in [-0.39, 0.29) is 30.3 Å². The van der Waals surface area contributed by atoms with Gasteiger partial charge in [0.2, 0.25) is 11.8 Å². The molecule has 1 aliphatic carbocycles. The average Bonchev–Trinajstić information content (AvgIpc) is 3.27. The summed E-state index contributed by atoms with van der Waals surface area (Å²) in [5.41, 5.74) is 1.30. The van der Waals surface area contributed by atoms with Crippen LogP contribution in [0.1, 0.15) is 56.1 Å². The molecule has 10 nitrogen and oxygen atoms in total. The van der Waals surface area contributed by atoms with Gasteiger partial charge < -0.3 is 24.3 Å². The number of hydrogen-bond acceptors (Lipinski definition) is 7. The van der Waals surface area contributed by atoms with Crippen molar-refractivity contribution < 1.29 is 28.7 Å². The molecule has 1 atom stereocenters. The van der Waals surface area contributed by atoms with Crippen molar-refractivity contribution in [3.05, 3.63) is 64.7 Å². The summed E-state index contributed by atoms with van der Waals surface area (Å²) in [6.45, 7) is 1.60. The molecule has 2 aromatic rings. The number of urea groups is 1. The molecule has 0 aromatic heterocycles. The number of carbonyl (C=O) groups excluding carboxylic acids is 4. The fourth-order valence-corrected chi connectivity index (χ4v) is 8.48. The standard InChI is InChI=1S/C32H42ClN4O6SSi/c1-36(21-24-11-8-13-26(33)19-24)31(40)34-44-28(20-23-9-4-3-5-10-23)30(39)35-45(32(41)42-2)18-15-29(38)37-16-17-43-27-14-7-6-12-25(27)22-37/h6-8,11-14,19,23,28H,3-5,9-10,15-18,20-22H2,1-2H3,(H,34,40)(H,35,39)/t28-/m0/s1. The Morgan fingerprint density at radius 3 is 2.67 bits per heavy atom. The minimum absolute atomic E-state index is 0.0946. The number of nitrogens with one attached hydrogen (secondary N) is 2. The van der Waals surface area contributed by atoms with Crippen LogP contribution in [0.2, 0.25) is 11.1 Å². The Morgan fingerprint density at radius 1 is 1.13 bits per heavy atom. The van der Waals surface area contributed by atoms with Gasteiger partial charge in [-0.05, 0) is 54.1 Å². The maximum Gasteiger partial charge on any atom is 0.327 e. The molecule has 1 saturated carbocycles. The fraction of sp³-hybridized carbons (Fsp3) is 0.500. The molecular formula is C32H42ClN4O6SSi. The van der Waals surface area contributed by atoms with Crippen molar-refractivity contribution in [3.63, 3.8) is 0 Å². The maximum absolute atomic E-state index is 13.7. The van der Waals surface area contributed by atoms with Crippen molar-refractivity contribution in [1.29, 1.82) is 0 Å². The summed E-state index contributed by atoms with van der Waals surface area (Å²) in [4.78, 5) is 58.8. The Hall–Kier alpha value is -3.22. The van der Waals surface area contributed by atoms with Gasteiger partial charge in [-0.15, -0.1) is 0 Å². The highest BCUT2D eigenvalue weighted by atomic mass is 35.5. The van der Waals surface area contributed by atoms with Crippen molar-refractivity contribution in [2.75, 3.05) is 27.3 Å². The maximum atomic E-state index is 13.7. The normalized spacial score (nSPS) is 15.7. The summed E-state index contributed by atoms with van der Waals surface area (Å²) >= 11 is 7.17. The van der Waals surface area contributed by atoms with Gasteiger partial charge in [-0.2, -0.15) is 0 Å². The van der Waals surface area contributed by atoms with Gasteiger partial charge in [0.25, 0.3) is 5.59 Å². The number of ether oxygens (including phenoxy) is 2. The van der Waals surface area contributed by atoms with Crippen LogP contribution in [-0.2, 0) is 27.4 Å². The number of fused-ring (bicyclic) bond motifs is 1. The molecule has 1 fully saturated rings. The van der Waals surface area contributed by atoms with Crippen LogP contribution in [0.15, 0.2) is 48.5 Å².